The number of hydrogen-bond donors (Lipinski definition) is 9. The van der Waals surface area contributed by atoms with Crippen molar-refractivity contribution in [2.75, 3.05) is 43.5 Å². The number of carbonyl (C=O) groups excluding carboxylic acids is 2. The molecule has 26 nitrogen and oxygen atoms in total. The number of phosphoric acid groups is 3. The fourth-order valence-corrected chi connectivity index (χ4v) is 10.3. The molecule has 19 N–H and O–H groups in total. The van der Waals surface area contributed by atoms with Gasteiger partial charge in [-0.05, 0) is 37.9 Å². The number of anilines is 1. The van der Waals surface area contributed by atoms with Crippen LogP contribution in [0.15, 0.2) is 24.8 Å². The van der Waals surface area contributed by atoms with E-state index < -0.39 is 78.6 Å². The Morgan fingerprint density at radius 1 is 0.899 bits per heavy atom. The highest BCUT2D eigenvalue weighted by atomic mass is 32.2. The Balaban J connectivity index is 0.0000154. The summed E-state index contributed by atoms with van der Waals surface area (Å²) in [4.78, 5) is 82.6. The summed E-state index contributed by atoms with van der Waals surface area (Å²) in [5, 5.41) is 26.6. The van der Waals surface area contributed by atoms with Gasteiger partial charge in [-0.2, -0.15) is 11.8 Å². The average molecular weight is 1070 g/mol. The second-order valence-corrected chi connectivity index (χ2v) is 21.9. The number of aliphatic hydroxyl groups excluding tert-OH is 2. The third-order valence-electron chi connectivity index (χ3n) is 10.4. The lowest BCUT2D eigenvalue weighted by atomic mass is 9.87. The average Bonchev–Trinajstić information content (AvgIpc) is 3.81. The van der Waals surface area contributed by atoms with Crippen LogP contribution in [-0.4, -0.2) is 109 Å². The summed E-state index contributed by atoms with van der Waals surface area (Å²) in [6, 6.07) is 0. The number of fused-ring (bicyclic) bond motifs is 1. The lowest BCUT2D eigenvalue weighted by molar-refractivity contribution is -0.247. The first-order valence-electron chi connectivity index (χ1n) is 22.2. The number of allylic oxidation sites excluding steroid dienone is 2. The van der Waals surface area contributed by atoms with Crippen molar-refractivity contribution in [2.45, 2.75) is 148 Å². The monoisotopic (exact) mass is 1070 g/mol. The lowest BCUT2D eigenvalue weighted by Crippen LogP contribution is -2.46. The number of nitrogens with zero attached hydrogens (tertiary/aromatic N) is 4. The minimum absolute atomic E-state index is 0. The molecule has 69 heavy (non-hydrogen) atoms. The van der Waals surface area contributed by atoms with Crippen molar-refractivity contribution >= 4 is 64.0 Å². The Bertz CT molecular complexity index is 1970. The van der Waals surface area contributed by atoms with E-state index in [0.29, 0.717) is 6.54 Å². The van der Waals surface area contributed by atoms with Gasteiger partial charge >= 0.3 is 0 Å². The Kier molecular flexibility index (Phi) is 32.1. The highest BCUT2D eigenvalue weighted by Gasteiger charge is 2.48. The van der Waals surface area contributed by atoms with E-state index in [2.05, 4.69) is 62.5 Å². The van der Waals surface area contributed by atoms with Crippen molar-refractivity contribution in [1.82, 2.24) is 48.6 Å². The maximum absolute atomic E-state index is 12.6. The van der Waals surface area contributed by atoms with E-state index in [0.717, 1.165) is 41.6 Å². The van der Waals surface area contributed by atoms with Crippen molar-refractivity contribution < 1.29 is 75.7 Å². The summed E-state index contributed by atoms with van der Waals surface area (Å²) in [6.45, 7) is 2.85. The number of hydrogen-bond acceptors (Lipinski definition) is 20. The Labute approximate surface area is 408 Å². The number of nitrogens with two attached hydrogens (primary N) is 1. The van der Waals surface area contributed by atoms with Gasteiger partial charge < -0.3 is 82.9 Å². The number of phosphoric ester groups is 3. The summed E-state index contributed by atoms with van der Waals surface area (Å²) in [5.74, 6) is 0.410. The van der Waals surface area contributed by atoms with E-state index in [1.165, 1.54) is 90.9 Å². The van der Waals surface area contributed by atoms with E-state index in [4.69, 9.17) is 10.5 Å². The molecule has 2 amide bonds. The SMILES string of the molecule is CCCCCCCC/C=C\CCCCCCCCSCCNC(=O)CCNC(=O)[C@H](O)C(C)(C)COP(=O)([O-])OP(=O)([O-])OC[C@H]1O[C@@H](n2cnc3c(N)ncnc32)C(O)[C@H]1OP(=O)([O-])O.[NH4+].[NH4+].[NH4+]. The molecule has 1 fully saturated rings. The summed E-state index contributed by atoms with van der Waals surface area (Å²) in [5.41, 5.74) is 4.19. The van der Waals surface area contributed by atoms with E-state index >= 15 is 0 Å². The summed E-state index contributed by atoms with van der Waals surface area (Å²) >= 11 is 1.75. The predicted octanol–water partition coefficient (Wildman–Crippen LogP) is 4.41. The fraction of sp³-hybridized carbons (Fsp3) is 0.769. The van der Waals surface area contributed by atoms with Crippen LogP contribution < -0.4 is 49.5 Å². The molecule has 30 heteroatoms. The van der Waals surface area contributed by atoms with Gasteiger partial charge in [0.1, 0.15) is 36.3 Å². The smallest absolute Gasteiger partial charge is 0.274 e. The van der Waals surface area contributed by atoms with Gasteiger partial charge in [-0.25, -0.2) is 19.3 Å². The van der Waals surface area contributed by atoms with Crippen LogP contribution >= 0.6 is 35.2 Å². The Morgan fingerprint density at radius 2 is 1.49 bits per heavy atom. The molecule has 0 spiro atoms. The van der Waals surface area contributed by atoms with Gasteiger partial charge in [-0.15, -0.1) is 0 Å². The molecule has 2 aromatic rings. The number of rotatable bonds is 35. The molecular weight excluding hydrogens is 989 g/mol. The van der Waals surface area contributed by atoms with Crippen molar-refractivity contribution in [3.63, 3.8) is 0 Å². The minimum atomic E-state index is -5.88. The van der Waals surface area contributed by atoms with Crippen molar-refractivity contribution in [3.8, 4) is 0 Å². The maximum Gasteiger partial charge on any atom is 0.274 e. The molecule has 1 aliphatic heterocycles. The zero-order chi connectivity index (χ0) is 48.8. The predicted molar refractivity (Wildman–Crippen MR) is 258 cm³/mol. The third-order valence-corrected chi connectivity index (χ3v) is 14.5. The number of unbranched alkanes of at least 4 members (excludes halogenated alkanes) is 12. The molecule has 1 aliphatic rings. The zero-order valence-electron chi connectivity index (χ0n) is 40.8. The molecule has 402 valence electrons. The molecule has 1 saturated heterocycles. The van der Waals surface area contributed by atoms with Crippen molar-refractivity contribution in [1.29, 1.82) is 0 Å². The van der Waals surface area contributed by atoms with Gasteiger partial charge in [-0.1, -0.05) is 90.7 Å². The number of aromatic nitrogens is 4. The number of ether oxygens (including phenoxy) is 1. The standard InChI is InChI=1S/C39H70N7O16P3S.3H3N/c1-4-5-6-7-8-9-10-11-12-13-14-15-16-17-18-19-23-66-24-22-41-30(47)20-21-42-37(50)34(49)39(2,3)26-59-65(56,57)62-64(54,55)58-25-29-33(61-63(51,52)53)32(48)38(60-29)46-28-45-31-35(40)43-27-44-36(31)46;;;/h11-12,27-29,32-34,38,48-49H,4-10,13-26H2,1-3H3,(H,41,47)(H,42,50)(H,54,55)(H,56,57)(H2,40,43,44)(H2,51,52,53);3*1H3/b12-11-;;;/t29-,32?,33+,34+,38-;;;/m1.../s1. The van der Waals surface area contributed by atoms with Crippen LogP contribution in [0, 0.1) is 5.41 Å². The molecule has 0 bridgehead atoms. The van der Waals surface area contributed by atoms with Gasteiger partial charge in [0.15, 0.2) is 17.7 Å². The van der Waals surface area contributed by atoms with Gasteiger partial charge in [0.2, 0.25) is 11.8 Å². The van der Waals surface area contributed by atoms with E-state index in [1.807, 2.05) is 0 Å². The molecule has 3 rings (SSSR count). The van der Waals surface area contributed by atoms with Gasteiger partial charge in [0.05, 0.1) is 19.5 Å². The molecular formula is C39H79N10O16P3S. The number of imidazole rings is 1. The van der Waals surface area contributed by atoms with Crippen molar-refractivity contribution in [2.24, 2.45) is 5.41 Å². The topological polar surface area (TPSA) is 465 Å². The minimum Gasteiger partial charge on any atom is -0.756 e. The largest absolute Gasteiger partial charge is 0.756 e. The molecule has 8 atom stereocenters. The van der Waals surface area contributed by atoms with Gasteiger partial charge in [0, 0.05) is 30.7 Å². The number of quaternary nitrogens is 3. The first-order chi connectivity index (χ1) is 31.2. The number of nitrogen functional groups attached to an aromatic ring is 1. The van der Waals surface area contributed by atoms with Crippen LogP contribution in [0.2, 0.25) is 0 Å². The molecule has 0 aliphatic carbocycles. The fourth-order valence-electron chi connectivity index (χ4n) is 6.74. The summed E-state index contributed by atoms with van der Waals surface area (Å²) in [7, 11) is -17.3. The molecule has 0 aromatic carbocycles. The number of nitrogens with one attached hydrogen (secondary N) is 2. The van der Waals surface area contributed by atoms with Crippen LogP contribution in [0.5, 0.6) is 0 Å². The lowest BCUT2D eigenvalue weighted by Gasteiger charge is -2.35. The van der Waals surface area contributed by atoms with Crippen LogP contribution in [-0.2, 0) is 45.9 Å². The normalized spacial score (nSPS) is 20.2. The van der Waals surface area contributed by atoms with E-state index in [9.17, 15) is 53.1 Å². The third kappa shape index (κ3) is 25.1. The number of amides is 2. The number of carbonyl (C=O) groups is 2. The first-order valence-corrected chi connectivity index (χ1v) is 27.8. The zero-order valence-corrected chi connectivity index (χ0v) is 44.3. The van der Waals surface area contributed by atoms with Gasteiger partial charge in [0.25, 0.3) is 23.5 Å². The second-order valence-electron chi connectivity index (χ2n) is 16.6. The van der Waals surface area contributed by atoms with Crippen LogP contribution in [0.4, 0.5) is 5.82 Å². The van der Waals surface area contributed by atoms with Crippen LogP contribution in [0.3, 0.4) is 0 Å². The van der Waals surface area contributed by atoms with E-state index in [1.54, 1.807) is 11.8 Å². The molecule has 0 saturated carbocycles. The maximum atomic E-state index is 12.6. The van der Waals surface area contributed by atoms with Gasteiger partial charge in [-0.3, -0.25) is 27.9 Å². The quantitative estimate of drug-likeness (QED) is 0.0262. The number of aliphatic hydroxyl groups is 2. The highest BCUT2D eigenvalue weighted by molar-refractivity contribution is 7.99. The number of thioether (sulfide) groups is 1. The van der Waals surface area contributed by atoms with Crippen LogP contribution in [0.25, 0.3) is 11.2 Å². The summed E-state index contributed by atoms with van der Waals surface area (Å²) in [6.07, 6.45) is 15.1. The second kappa shape index (κ2) is 33.3. The van der Waals surface area contributed by atoms with Crippen molar-refractivity contribution in [3.05, 3.63) is 24.8 Å². The molecule has 2 aromatic heterocycles. The highest BCUT2D eigenvalue weighted by Crippen LogP contribution is 2.56. The summed E-state index contributed by atoms with van der Waals surface area (Å²) < 4.78 is 61.2. The van der Waals surface area contributed by atoms with E-state index in [-0.39, 0.29) is 54.3 Å². The Morgan fingerprint density at radius 3 is 2.12 bits per heavy atom. The van der Waals surface area contributed by atoms with Crippen LogP contribution in [0.1, 0.15) is 123 Å². The first kappa shape index (κ1) is 66.5. The Hall–Kier alpha value is -2.49. The molecule has 4 unspecified atom stereocenters. The molecule has 3 heterocycles. The molecule has 0 radical (unpaired) electrons.